The van der Waals surface area contributed by atoms with Crippen molar-refractivity contribution in [3.05, 3.63) is 0 Å². The molecule has 0 radical (unpaired) electrons. The highest BCUT2D eigenvalue weighted by Gasteiger charge is 1.39. The molecule has 0 heterocycles. The Balaban J connectivity index is 0. The fourth-order valence-corrected chi connectivity index (χ4v) is 0. The molecule has 24 valence electrons. The van der Waals surface area contributed by atoms with E-state index in [9.17, 15) is 0 Å². The third-order valence-corrected chi connectivity index (χ3v) is 0.0500. The molecular weight excluding hydrogens is 79.0 g/mol. The molecule has 0 unspecified atom stereocenters. The minimum absolute atomic E-state index is 0. The quantitative estimate of drug-likeness (QED) is 0.346. The van der Waals surface area contributed by atoms with Gasteiger partial charge in [-0.3, -0.25) is 0 Å². The Morgan fingerprint density at radius 2 is 1.20 bits per heavy atom. The summed E-state index contributed by atoms with van der Waals surface area (Å²) in [5, 5.41) is 14.5. The lowest BCUT2D eigenvalue weighted by molar-refractivity contribution is 1.49. The normalized spacial score (nSPS) is 2.00. The molecule has 0 spiro atoms. The molecule has 0 atom stereocenters. The SMILES string of the molecule is N#CC#N.[AlH3]. The number of nitriles is 2. The molecule has 0 aliphatic rings. The standard InChI is InChI=1S/C2N2.Al.3H/c3-1-2-4;;;;. The van der Waals surface area contributed by atoms with Crippen LogP contribution in [0.3, 0.4) is 0 Å². The summed E-state index contributed by atoms with van der Waals surface area (Å²) in [6.07, 6.45) is 0. The fraction of sp³-hybridized carbons (Fsp3) is 0. The van der Waals surface area contributed by atoms with Gasteiger partial charge in [0, 0.05) is 0 Å². The highest BCUT2D eigenvalue weighted by atomic mass is 27.0. The van der Waals surface area contributed by atoms with Crippen molar-refractivity contribution in [2.24, 2.45) is 0 Å². The fourth-order valence-electron chi connectivity index (χ4n) is 0. The molecule has 5 heavy (non-hydrogen) atoms. The Hall–Kier alpha value is -0.488. The molecule has 0 bridgehead atoms. The van der Waals surface area contributed by atoms with E-state index in [0.29, 0.717) is 0 Å². The summed E-state index contributed by atoms with van der Waals surface area (Å²) in [6, 6.07) is 2.47. The van der Waals surface area contributed by atoms with Gasteiger partial charge in [-0.2, -0.15) is 10.5 Å². The molecule has 0 aliphatic heterocycles. The third-order valence-electron chi connectivity index (χ3n) is 0.0500. The van der Waals surface area contributed by atoms with Crippen molar-refractivity contribution in [1.82, 2.24) is 0 Å². The molecule has 3 heteroatoms. The average molecular weight is 82.0 g/mol. The van der Waals surface area contributed by atoms with E-state index < -0.39 is 0 Å². The van der Waals surface area contributed by atoms with E-state index in [1.54, 1.807) is 0 Å². The molecular formula is C2H3AlN2. The van der Waals surface area contributed by atoms with Crippen LogP contribution in [0.1, 0.15) is 0 Å². The predicted octanol–water partition coefficient (Wildman–Crippen LogP) is -1.15. The second kappa shape index (κ2) is 9.69. The Morgan fingerprint density at radius 3 is 1.20 bits per heavy atom. The first-order valence-corrected chi connectivity index (χ1v) is 0.697. The first-order chi connectivity index (χ1) is 1.91. The van der Waals surface area contributed by atoms with E-state index in [4.69, 9.17) is 10.5 Å². The maximum absolute atomic E-state index is 7.26. The highest BCUT2D eigenvalue weighted by molar-refractivity contribution is 5.75. The zero-order chi connectivity index (χ0) is 3.41. The number of hydrogen-bond donors (Lipinski definition) is 0. The van der Waals surface area contributed by atoms with Crippen LogP contribution in [0.4, 0.5) is 0 Å². The summed E-state index contributed by atoms with van der Waals surface area (Å²) >= 11 is 0. The van der Waals surface area contributed by atoms with Gasteiger partial charge in [0.25, 0.3) is 0 Å². The van der Waals surface area contributed by atoms with Crippen LogP contribution in [0.25, 0.3) is 0 Å². The Labute approximate surface area is 40.8 Å². The van der Waals surface area contributed by atoms with Gasteiger partial charge < -0.3 is 0 Å². The van der Waals surface area contributed by atoms with Gasteiger partial charge in [0.2, 0.25) is 0 Å². The molecule has 0 aromatic carbocycles. The maximum atomic E-state index is 7.26. The highest BCUT2D eigenvalue weighted by Crippen LogP contribution is 1.27. The second-order valence-electron chi connectivity index (χ2n) is 0.224. The molecule has 0 amide bonds. The average Bonchev–Trinajstić information content (AvgIpc) is 1.37. The van der Waals surface area contributed by atoms with Gasteiger partial charge in [-0.15, -0.1) is 0 Å². The molecule has 2 nitrogen and oxygen atoms in total. The van der Waals surface area contributed by atoms with Crippen LogP contribution in [0.5, 0.6) is 0 Å². The number of rotatable bonds is 0. The minimum atomic E-state index is 0. The van der Waals surface area contributed by atoms with Crippen molar-refractivity contribution in [1.29, 1.82) is 10.5 Å². The van der Waals surface area contributed by atoms with Gasteiger partial charge in [-0.25, -0.2) is 0 Å². The molecule has 0 rings (SSSR count). The first kappa shape index (κ1) is 8.82. The van der Waals surface area contributed by atoms with Crippen LogP contribution in [0.15, 0.2) is 0 Å². The van der Waals surface area contributed by atoms with Gasteiger partial charge in [0.15, 0.2) is 29.5 Å². The van der Waals surface area contributed by atoms with E-state index in [0.717, 1.165) is 0 Å². The van der Waals surface area contributed by atoms with Crippen LogP contribution in [0.2, 0.25) is 0 Å². The van der Waals surface area contributed by atoms with Crippen molar-refractivity contribution in [3.8, 4) is 12.1 Å². The van der Waals surface area contributed by atoms with Crippen LogP contribution in [-0.2, 0) is 0 Å². The lowest BCUT2D eigenvalue weighted by atomic mass is 10.9. The Morgan fingerprint density at radius 1 is 1.00 bits per heavy atom. The third kappa shape index (κ3) is 30.6. The van der Waals surface area contributed by atoms with E-state index in [-0.39, 0.29) is 17.4 Å². The largest absolute Gasteiger partial charge is 0.187 e. The molecule has 0 N–H and O–H groups in total. The maximum Gasteiger partial charge on any atom is 0.187 e. The van der Waals surface area contributed by atoms with Gasteiger partial charge in [0.1, 0.15) is 0 Å². The molecule has 0 aromatic heterocycles. The molecule has 0 saturated carbocycles. The van der Waals surface area contributed by atoms with E-state index in [1.165, 1.54) is 12.1 Å². The van der Waals surface area contributed by atoms with Crippen molar-refractivity contribution >= 4 is 17.4 Å². The topological polar surface area (TPSA) is 47.6 Å². The monoisotopic (exact) mass is 82.0 g/mol. The molecule has 0 fully saturated rings. The summed E-state index contributed by atoms with van der Waals surface area (Å²) in [6.45, 7) is 0. The summed E-state index contributed by atoms with van der Waals surface area (Å²) in [5.74, 6) is 0. The molecule has 0 aliphatic carbocycles. The Bertz CT molecular complexity index is 62.6. The van der Waals surface area contributed by atoms with Crippen molar-refractivity contribution in [3.63, 3.8) is 0 Å². The van der Waals surface area contributed by atoms with E-state index >= 15 is 0 Å². The van der Waals surface area contributed by atoms with Gasteiger partial charge in [0.05, 0.1) is 0 Å². The second-order valence-corrected chi connectivity index (χ2v) is 0.224. The summed E-state index contributed by atoms with van der Waals surface area (Å²) < 4.78 is 0. The van der Waals surface area contributed by atoms with E-state index in [2.05, 4.69) is 0 Å². The van der Waals surface area contributed by atoms with Crippen molar-refractivity contribution in [2.45, 2.75) is 0 Å². The first-order valence-electron chi connectivity index (χ1n) is 0.697. The number of hydrogen-bond acceptors (Lipinski definition) is 2. The van der Waals surface area contributed by atoms with Gasteiger partial charge >= 0.3 is 0 Å². The molecule has 0 aromatic rings. The van der Waals surface area contributed by atoms with Crippen molar-refractivity contribution in [2.75, 3.05) is 0 Å². The number of nitrogens with zero attached hydrogens (tertiary/aromatic N) is 2. The zero-order valence-corrected chi connectivity index (χ0v) is 1.89. The molecule has 0 saturated heterocycles. The lowest BCUT2D eigenvalue weighted by Crippen LogP contribution is -1.26. The summed E-state index contributed by atoms with van der Waals surface area (Å²) in [7, 11) is 0. The van der Waals surface area contributed by atoms with Gasteiger partial charge in [-0.05, 0) is 0 Å². The van der Waals surface area contributed by atoms with Crippen LogP contribution in [-0.4, -0.2) is 17.4 Å². The minimum Gasteiger partial charge on any atom is -0.181 e. The van der Waals surface area contributed by atoms with Crippen molar-refractivity contribution < 1.29 is 0 Å². The van der Waals surface area contributed by atoms with Gasteiger partial charge in [-0.1, -0.05) is 0 Å². The smallest absolute Gasteiger partial charge is 0.181 e. The lowest BCUT2D eigenvalue weighted by Gasteiger charge is -1.16. The summed E-state index contributed by atoms with van der Waals surface area (Å²) in [5.41, 5.74) is 0. The van der Waals surface area contributed by atoms with Crippen LogP contribution >= 0.6 is 0 Å². The van der Waals surface area contributed by atoms with Crippen LogP contribution < -0.4 is 0 Å². The van der Waals surface area contributed by atoms with E-state index in [1.807, 2.05) is 0 Å². The van der Waals surface area contributed by atoms with Crippen LogP contribution in [0, 0.1) is 22.7 Å². The Kier molecular flexibility index (Phi) is 17.1. The summed E-state index contributed by atoms with van der Waals surface area (Å²) in [4.78, 5) is 0. The predicted molar refractivity (Wildman–Crippen MR) is 21.2 cm³/mol. The zero-order valence-electron chi connectivity index (χ0n) is 1.89.